The molecule has 0 bridgehead atoms. The highest BCUT2D eigenvalue weighted by molar-refractivity contribution is 7.18. The molecular formula is C13H16N2OS2. The van der Waals surface area contributed by atoms with E-state index >= 15 is 0 Å². The van der Waals surface area contributed by atoms with Gasteiger partial charge in [0.2, 0.25) is 0 Å². The number of nitrogens with two attached hydrogens (primary N) is 1. The SMILES string of the molecule is CCNC(=O)c1c(N)sc(CC)c1-c1cccs1. The number of anilines is 1. The van der Waals surface area contributed by atoms with Crippen LogP contribution in [0.1, 0.15) is 29.1 Å². The fourth-order valence-electron chi connectivity index (χ4n) is 1.90. The minimum atomic E-state index is -0.0747. The van der Waals surface area contributed by atoms with Gasteiger partial charge in [-0.25, -0.2) is 0 Å². The van der Waals surface area contributed by atoms with Gasteiger partial charge in [-0.3, -0.25) is 4.79 Å². The molecule has 0 aromatic carbocycles. The third-order valence-electron chi connectivity index (χ3n) is 2.66. The molecule has 2 heterocycles. The molecule has 0 saturated heterocycles. The van der Waals surface area contributed by atoms with E-state index in [1.807, 2.05) is 24.4 Å². The molecule has 1 amide bonds. The number of hydrogen-bond donors (Lipinski definition) is 2. The van der Waals surface area contributed by atoms with Crippen molar-refractivity contribution in [1.82, 2.24) is 5.32 Å². The van der Waals surface area contributed by atoms with Crippen LogP contribution in [0.4, 0.5) is 5.00 Å². The molecule has 0 aliphatic rings. The molecule has 96 valence electrons. The summed E-state index contributed by atoms with van der Waals surface area (Å²) in [6.07, 6.45) is 0.890. The molecule has 0 fully saturated rings. The quantitative estimate of drug-likeness (QED) is 0.902. The Morgan fingerprint density at radius 2 is 2.22 bits per heavy atom. The number of thiophene rings is 2. The van der Waals surface area contributed by atoms with Crippen LogP contribution in [-0.2, 0) is 6.42 Å². The number of aryl methyl sites for hydroxylation is 1. The molecule has 3 N–H and O–H groups in total. The van der Waals surface area contributed by atoms with Crippen LogP contribution in [0.2, 0.25) is 0 Å². The smallest absolute Gasteiger partial charge is 0.254 e. The number of amides is 1. The first-order valence-corrected chi connectivity index (χ1v) is 7.61. The standard InChI is InChI=1S/C13H16N2OS2/c1-3-8-10(9-6-5-7-17-9)11(12(14)18-8)13(16)15-4-2/h5-7H,3-4,14H2,1-2H3,(H,15,16). The predicted molar refractivity (Wildman–Crippen MR) is 79.4 cm³/mol. The second kappa shape index (κ2) is 5.54. The van der Waals surface area contributed by atoms with Gasteiger partial charge in [-0.2, -0.15) is 0 Å². The molecule has 2 rings (SSSR count). The first-order valence-electron chi connectivity index (χ1n) is 5.92. The van der Waals surface area contributed by atoms with Gasteiger partial charge in [-0.1, -0.05) is 13.0 Å². The average molecular weight is 280 g/mol. The van der Waals surface area contributed by atoms with Crippen LogP contribution in [0.25, 0.3) is 10.4 Å². The third-order valence-corrected chi connectivity index (χ3v) is 4.71. The Morgan fingerprint density at radius 3 is 2.78 bits per heavy atom. The second-order valence-corrected chi connectivity index (χ2v) is 5.91. The average Bonchev–Trinajstić information content (AvgIpc) is 2.95. The van der Waals surface area contributed by atoms with Crippen molar-refractivity contribution in [1.29, 1.82) is 0 Å². The van der Waals surface area contributed by atoms with Crippen molar-refractivity contribution in [2.24, 2.45) is 0 Å². The zero-order chi connectivity index (χ0) is 13.1. The highest BCUT2D eigenvalue weighted by Gasteiger charge is 2.22. The van der Waals surface area contributed by atoms with Gasteiger partial charge in [0.1, 0.15) is 0 Å². The van der Waals surface area contributed by atoms with Crippen LogP contribution >= 0.6 is 22.7 Å². The molecular weight excluding hydrogens is 264 g/mol. The molecule has 0 unspecified atom stereocenters. The van der Waals surface area contributed by atoms with Crippen LogP contribution in [0, 0.1) is 0 Å². The number of carbonyl (C=O) groups excluding carboxylic acids is 1. The Hall–Kier alpha value is -1.33. The van der Waals surface area contributed by atoms with Crippen LogP contribution in [0.3, 0.4) is 0 Å². The first kappa shape index (κ1) is 13.1. The molecule has 2 aromatic rings. The number of carbonyl (C=O) groups is 1. The van der Waals surface area contributed by atoms with Crippen molar-refractivity contribution in [3.8, 4) is 10.4 Å². The zero-order valence-corrected chi connectivity index (χ0v) is 12.1. The van der Waals surface area contributed by atoms with Gasteiger partial charge in [-0.15, -0.1) is 22.7 Å². The maximum absolute atomic E-state index is 12.1. The Kier molecular flexibility index (Phi) is 4.04. The molecule has 5 heteroatoms. The van der Waals surface area contributed by atoms with Crippen molar-refractivity contribution in [3.63, 3.8) is 0 Å². The van der Waals surface area contributed by atoms with E-state index in [9.17, 15) is 4.79 Å². The predicted octanol–water partition coefficient (Wildman–Crippen LogP) is 3.37. The Labute approximate surface area is 115 Å². The van der Waals surface area contributed by atoms with Crippen LogP contribution in [0.5, 0.6) is 0 Å². The lowest BCUT2D eigenvalue weighted by molar-refractivity contribution is 0.0957. The topological polar surface area (TPSA) is 55.1 Å². The lowest BCUT2D eigenvalue weighted by Gasteiger charge is -2.05. The van der Waals surface area contributed by atoms with Crippen molar-refractivity contribution >= 4 is 33.6 Å². The van der Waals surface area contributed by atoms with Gasteiger partial charge in [-0.05, 0) is 24.8 Å². The van der Waals surface area contributed by atoms with E-state index < -0.39 is 0 Å². The van der Waals surface area contributed by atoms with Gasteiger partial charge in [0.25, 0.3) is 5.91 Å². The Balaban J connectivity index is 2.57. The Bertz CT molecular complexity index is 544. The summed E-state index contributed by atoms with van der Waals surface area (Å²) in [5, 5.41) is 5.46. The molecule has 3 nitrogen and oxygen atoms in total. The summed E-state index contributed by atoms with van der Waals surface area (Å²) in [6, 6.07) is 4.03. The fraction of sp³-hybridized carbons (Fsp3) is 0.308. The highest BCUT2D eigenvalue weighted by Crippen LogP contribution is 2.40. The number of hydrogen-bond acceptors (Lipinski definition) is 4. The Morgan fingerprint density at radius 1 is 1.44 bits per heavy atom. The summed E-state index contributed by atoms with van der Waals surface area (Å²) in [4.78, 5) is 14.4. The van der Waals surface area contributed by atoms with Gasteiger partial charge in [0.15, 0.2) is 0 Å². The van der Waals surface area contributed by atoms with E-state index in [0.717, 1.165) is 16.9 Å². The molecule has 0 radical (unpaired) electrons. The minimum absolute atomic E-state index is 0.0747. The van der Waals surface area contributed by atoms with Crippen LogP contribution in [0.15, 0.2) is 17.5 Å². The van der Waals surface area contributed by atoms with Crippen molar-refractivity contribution in [2.75, 3.05) is 12.3 Å². The van der Waals surface area contributed by atoms with E-state index in [-0.39, 0.29) is 5.91 Å². The summed E-state index contributed by atoms with van der Waals surface area (Å²) < 4.78 is 0. The molecule has 0 spiro atoms. The lowest BCUT2D eigenvalue weighted by atomic mass is 10.1. The lowest BCUT2D eigenvalue weighted by Crippen LogP contribution is -2.23. The molecule has 0 aliphatic carbocycles. The van der Waals surface area contributed by atoms with Gasteiger partial charge in [0.05, 0.1) is 10.6 Å². The third kappa shape index (κ3) is 2.28. The number of nitrogen functional groups attached to an aromatic ring is 1. The van der Waals surface area contributed by atoms with Gasteiger partial charge < -0.3 is 11.1 Å². The van der Waals surface area contributed by atoms with E-state index in [1.54, 1.807) is 11.3 Å². The van der Waals surface area contributed by atoms with E-state index in [4.69, 9.17) is 5.73 Å². The summed E-state index contributed by atoms with van der Waals surface area (Å²) in [7, 11) is 0. The molecule has 0 atom stereocenters. The van der Waals surface area contributed by atoms with E-state index in [2.05, 4.69) is 12.2 Å². The maximum Gasteiger partial charge on any atom is 0.254 e. The minimum Gasteiger partial charge on any atom is -0.390 e. The summed E-state index contributed by atoms with van der Waals surface area (Å²) >= 11 is 3.16. The summed E-state index contributed by atoms with van der Waals surface area (Å²) in [5.74, 6) is -0.0747. The molecule has 18 heavy (non-hydrogen) atoms. The maximum atomic E-state index is 12.1. The van der Waals surface area contributed by atoms with Crippen LogP contribution in [-0.4, -0.2) is 12.5 Å². The summed E-state index contributed by atoms with van der Waals surface area (Å²) in [5.41, 5.74) is 7.67. The van der Waals surface area contributed by atoms with Crippen LogP contribution < -0.4 is 11.1 Å². The van der Waals surface area contributed by atoms with E-state index in [0.29, 0.717) is 17.1 Å². The monoisotopic (exact) mass is 280 g/mol. The second-order valence-electron chi connectivity index (χ2n) is 3.83. The first-order chi connectivity index (χ1) is 8.69. The summed E-state index contributed by atoms with van der Waals surface area (Å²) in [6.45, 7) is 4.61. The fourth-order valence-corrected chi connectivity index (χ4v) is 3.79. The van der Waals surface area contributed by atoms with Gasteiger partial charge >= 0.3 is 0 Å². The van der Waals surface area contributed by atoms with Crippen molar-refractivity contribution in [2.45, 2.75) is 20.3 Å². The zero-order valence-electron chi connectivity index (χ0n) is 10.4. The van der Waals surface area contributed by atoms with Crippen molar-refractivity contribution in [3.05, 3.63) is 28.0 Å². The normalized spacial score (nSPS) is 10.6. The molecule has 0 aliphatic heterocycles. The van der Waals surface area contributed by atoms with Crippen molar-refractivity contribution < 1.29 is 4.79 Å². The largest absolute Gasteiger partial charge is 0.390 e. The number of rotatable bonds is 4. The number of nitrogens with one attached hydrogen (secondary N) is 1. The van der Waals surface area contributed by atoms with Gasteiger partial charge in [0, 0.05) is 21.9 Å². The van der Waals surface area contributed by atoms with E-state index in [1.165, 1.54) is 16.2 Å². The molecule has 0 saturated carbocycles. The highest BCUT2D eigenvalue weighted by atomic mass is 32.1. The molecule has 2 aromatic heterocycles.